The number of imide groups is 1. The molecule has 2 aliphatic carbocycles. The highest BCUT2D eigenvalue weighted by Gasteiger charge is 2.61. The molecule has 1 saturated heterocycles. The van der Waals surface area contributed by atoms with Crippen molar-refractivity contribution in [1.82, 2.24) is 0 Å². The van der Waals surface area contributed by atoms with Crippen LogP contribution in [0.15, 0.2) is 48.5 Å². The van der Waals surface area contributed by atoms with Crippen molar-refractivity contribution < 1.29 is 28.3 Å². The van der Waals surface area contributed by atoms with E-state index in [1.807, 2.05) is 0 Å². The van der Waals surface area contributed by atoms with E-state index in [2.05, 4.69) is 5.32 Å². The van der Waals surface area contributed by atoms with Crippen molar-refractivity contribution >= 4 is 35.1 Å². The fraction of sp³-hybridized carbons (Fsp3) is 0.333. The van der Waals surface area contributed by atoms with E-state index in [1.54, 1.807) is 12.1 Å². The second-order valence-corrected chi connectivity index (χ2v) is 8.57. The van der Waals surface area contributed by atoms with Gasteiger partial charge in [0.15, 0.2) is 6.61 Å². The first-order valence-electron chi connectivity index (χ1n) is 10.6. The Bertz CT molecular complexity index is 1070. The van der Waals surface area contributed by atoms with Crippen LogP contribution in [0.1, 0.15) is 29.6 Å². The predicted octanol–water partition coefficient (Wildman–Crippen LogP) is 3.16. The SMILES string of the molecule is O=C(COC(=O)c1ccc(N2C(=O)[C@H]3[C@H]4CC[C@@H](C4)[C@@H]3C2=O)cc1)Nc1ccc(F)cc1. The molecule has 4 atom stereocenters. The summed E-state index contributed by atoms with van der Waals surface area (Å²) in [5, 5.41) is 2.50. The Morgan fingerprint density at radius 2 is 1.53 bits per heavy atom. The fourth-order valence-electron chi connectivity index (χ4n) is 5.35. The maximum atomic E-state index is 12.9. The van der Waals surface area contributed by atoms with Gasteiger partial charge < -0.3 is 10.1 Å². The molecule has 0 radical (unpaired) electrons. The zero-order chi connectivity index (χ0) is 22.4. The highest BCUT2D eigenvalue weighted by atomic mass is 19.1. The number of carbonyl (C=O) groups is 4. The number of rotatable bonds is 5. The number of hydrogen-bond donors (Lipinski definition) is 1. The van der Waals surface area contributed by atoms with Gasteiger partial charge in [-0.05, 0) is 79.6 Å². The van der Waals surface area contributed by atoms with E-state index >= 15 is 0 Å². The normalized spacial score (nSPS) is 25.7. The third-order valence-electron chi connectivity index (χ3n) is 6.75. The molecule has 2 saturated carbocycles. The first kappa shape index (κ1) is 20.4. The molecule has 0 spiro atoms. The zero-order valence-electron chi connectivity index (χ0n) is 17.1. The molecule has 2 bridgehead atoms. The topological polar surface area (TPSA) is 92.8 Å². The second kappa shape index (κ2) is 7.85. The quantitative estimate of drug-likeness (QED) is 0.574. The number of esters is 1. The molecule has 32 heavy (non-hydrogen) atoms. The summed E-state index contributed by atoms with van der Waals surface area (Å²) in [4.78, 5) is 51.2. The van der Waals surface area contributed by atoms with Gasteiger partial charge in [0.25, 0.3) is 5.91 Å². The zero-order valence-corrected chi connectivity index (χ0v) is 17.1. The van der Waals surface area contributed by atoms with Crippen LogP contribution in [0.25, 0.3) is 0 Å². The number of amides is 3. The summed E-state index contributed by atoms with van der Waals surface area (Å²) in [5.41, 5.74) is 1.03. The number of hydrogen-bond acceptors (Lipinski definition) is 5. The minimum Gasteiger partial charge on any atom is -0.452 e. The number of halogens is 1. The van der Waals surface area contributed by atoms with Crippen molar-refractivity contribution in [3.05, 3.63) is 59.9 Å². The highest BCUT2D eigenvalue weighted by Crippen LogP contribution is 2.56. The third-order valence-corrected chi connectivity index (χ3v) is 6.75. The summed E-state index contributed by atoms with van der Waals surface area (Å²) in [7, 11) is 0. The van der Waals surface area contributed by atoms with E-state index in [1.165, 1.54) is 41.3 Å². The van der Waals surface area contributed by atoms with Crippen LogP contribution in [0.3, 0.4) is 0 Å². The van der Waals surface area contributed by atoms with Crippen LogP contribution in [0.2, 0.25) is 0 Å². The highest BCUT2D eigenvalue weighted by molar-refractivity contribution is 6.22. The van der Waals surface area contributed by atoms with Gasteiger partial charge in [0.1, 0.15) is 5.82 Å². The molecule has 0 unspecified atom stereocenters. The fourth-order valence-corrected chi connectivity index (χ4v) is 5.35. The molecule has 3 fully saturated rings. The summed E-state index contributed by atoms with van der Waals surface area (Å²) >= 11 is 0. The molecule has 2 aromatic rings. The smallest absolute Gasteiger partial charge is 0.338 e. The molecule has 0 aromatic heterocycles. The Kier molecular flexibility index (Phi) is 5.00. The largest absolute Gasteiger partial charge is 0.452 e. The van der Waals surface area contributed by atoms with Crippen molar-refractivity contribution in [2.45, 2.75) is 19.3 Å². The molecule has 2 aromatic carbocycles. The van der Waals surface area contributed by atoms with Crippen LogP contribution in [0, 0.1) is 29.5 Å². The average molecular weight is 436 g/mol. The van der Waals surface area contributed by atoms with Crippen LogP contribution < -0.4 is 10.2 Å². The molecular weight excluding hydrogens is 415 g/mol. The third kappa shape index (κ3) is 3.45. The van der Waals surface area contributed by atoms with Crippen molar-refractivity contribution in [3.8, 4) is 0 Å². The number of carbonyl (C=O) groups excluding carboxylic acids is 4. The Balaban J connectivity index is 1.20. The number of ether oxygens (including phenoxy) is 1. The lowest BCUT2D eigenvalue weighted by molar-refractivity contribution is -0.123. The van der Waals surface area contributed by atoms with Gasteiger partial charge in [-0.1, -0.05) is 0 Å². The van der Waals surface area contributed by atoms with Gasteiger partial charge in [0.2, 0.25) is 11.8 Å². The Morgan fingerprint density at radius 1 is 0.938 bits per heavy atom. The molecule has 1 N–H and O–H groups in total. The lowest BCUT2D eigenvalue weighted by Crippen LogP contribution is -2.32. The lowest BCUT2D eigenvalue weighted by Gasteiger charge is -2.19. The van der Waals surface area contributed by atoms with E-state index in [0.717, 1.165) is 19.3 Å². The molecule has 7 nitrogen and oxygen atoms in total. The minimum atomic E-state index is -0.709. The van der Waals surface area contributed by atoms with Crippen molar-refractivity contribution in [3.63, 3.8) is 0 Å². The molecule has 1 aliphatic heterocycles. The number of anilines is 2. The summed E-state index contributed by atoms with van der Waals surface area (Å²) in [5.74, 6) is -1.76. The standard InChI is InChI=1S/C24H21FN2O5/c25-16-5-7-17(8-6-16)26-19(28)12-32-24(31)13-3-9-18(10-4-13)27-22(29)20-14-1-2-15(11-14)21(20)23(27)30/h3-10,14-15,20-21H,1-2,11-12H2,(H,26,28)/t14-,15-,20-,21-/m0/s1. The second-order valence-electron chi connectivity index (χ2n) is 8.57. The van der Waals surface area contributed by atoms with Crippen molar-refractivity contribution in [2.75, 3.05) is 16.8 Å². The predicted molar refractivity (Wildman–Crippen MR) is 112 cm³/mol. The molecule has 8 heteroatoms. The number of nitrogens with one attached hydrogen (secondary N) is 1. The first-order valence-corrected chi connectivity index (χ1v) is 10.6. The minimum absolute atomic E-state index is 0.139. The number of benzene rings is 2. The van der Waals surface area contributed by atoms with Gasteiger partial charge >= 0.3 is 5.97 Å². The van der Waals surface area contributed by atoms with Gasteiger partial charge in [0.05, 0.1) is 23.1 Å². The van der Waals surface area contributed by atoms with E-state index < -0.39 is 24.3 Å². The molecule has 5 rings (SSSR count). The van der Waals surface area contributed by atoms with Crippen LogP contribution >= 0.6 is 0 Å². The van der Waals surface area contributed by atoms with Gasteiger partial charge in [0, 0.05) is 5.69 Å². The summed E-state index contributed by atoms with van der Waals surface area (Å²) in [6.07, 6.45) is 3.00. The van der Waals surface area contributed by atoms with Gasteiger partial charge in [-0.3, -0.25) is 19.3 Å². The van der Waals surface area contributed by atoms with Crippen molar-refractivity contribution in [1.29, 1.82) is 0 Å². The van der Waals surface area contributed by atoms with Gasteiger partial charge in [-0.2, -0.15) is 0 Å². The molecular formula is C24H21FN2O5. The lowest BCUT2D eigenvalue weighted by atomic mass is 9.81. The van der Waals surface area contributed by atoms with Gasteiger partial charge in [-0.25, -0.2) is 9.18 Å². The average Bonchev–Trinajstić information content (AvgIpc) is 3.47. The Morgan fingerprint density at radius 3 is 2.12 bits per heavy atom. The van der Waals surface area contributed by atoms with E-state index in [-0.39, 0.29) is 29.2 Å². The van der Waals surface area contributed by atoms with E-state index in [9.17, 15) is 23.6 Å². The Hall–Kier alpha value is -3.55. The number of nitrogens with zero attached hydrogens (tertiary/aromatic N) is 1. The van der Waals surface area contributed by atoms with E-state index in [0.29, 0.717) is 23.2 Å². The van der Waals surface area contributed by atoms with Crippen LogP contribution in [0.5, 0.6) is 0 Å². The van der Waals surface area contributed by atoms with Gasteiger partial charge in [-0.15, -0.1) is 0 Å². The van der Waals surface area contributed by atoms with Crippen LogP contribution in [0.4, 0.5) is 15.8 Å². The first-order chi connectivity index (χ1) is 15.4. The van der Waals surface area contributed by atoms with E-state index in [4.69, 9.17) is 4.74 Å². The number of fused-ring (bicyclic) bond motifs is 5. The molecule has 3 amide bonds. The summed E-state index contributed by atoms with van der Waals surface area (Å²) in [6, 6.07) is 11.2. The van der Waals surface area contributed by atoms with Crippen molar-refractivity contribution in [2.24, 2.45) is 23.7 Å². The maximum Gasteiger partial charge on any atom is 0.338 e. The molecule has 1 heterocycles. The Labute approximate surface area is 183 Å². The van der Waals surface area contributed by atoms with Crippen LogP contribution in [-0.2, 0) is 19.1 Å². The molecule has 164 valence electrons. The van der Waals surface area contributed by atoms with Crippen LogP contribution in [-0.4, -0.2) is 30.3 Å². The summed E-state index contributed by atoms with van der Waals surface area (Å²) < 4.78 is 17.9. The summed E-state index contributed by atoms with van der Waals surface area (Å²) in [6.45, 7) is -0.507. The monoisotopic (exact) mass is 436 g/mol. The maximum absolute atomic E-state index is 12.9. The molecule has 3 aliphatic rings.